The van der Waals surface area contributed by atoms with Crippen LogP contribution in [-0.2, 0) is 26.8 Å². The molecule has 8 heteroatoms. The zero-order valence-corrected chi connectivity index (χ0v) is 17.6. The zero-order valence-electron chi connectivity index (χ0n) is 17.6. The maximum Gasteiger partial charge on any atom is 0.341 e. The number of pyridine rings is 1. The number of amides is 1. The van der Waals surface area contributed by atoms with Crippen molar-refractivity contribution in [3.8, 4) is 5.75 Å². The van der Waals surface area contributed by atoms with E-state index in [1.807, 2.05) is 0 Å². The molecule has 0 fully saturated rings. The van der Waals surface area contributed by atoms with Crippen LogP contribution in [0.25, 0.3) is 0 Å². The molecule has 2 N–H and O–H groups in total. The van der Waals surface area contributed by atoms with Crippen molar-refractivity contribution in [2.45, 2.75) is 19.3 Å². The molecule has 2 aliphatic heterocycles. The van der Waals surface area contributed by atoms with Gasteiger partial charge in [-0.15, -0.1) is 6.58 Å². The molecule has 3 heterocycles. The fraction of sp³-hybridized carbons (Fsp3) is 0.261. The van der Waals surface area contributed by atoms with Crippen molar-refractivity contribution in [3.05, 3.63) is 81.6 Å². The fourth-order valence-corrected chi connectivity index (χ4v) is 4.40. The highest BCUT2D eigenvalue weighted by Gasteiger charge is 2.62. The Morgan fingerprint density at radius 1 is 1.32 bits per heavy atom. The molecule has 1 aromatic carbocycles. The maximum atomic E-state index is 14.1. The fourth-order valence-electron chi connectivity index (χ4n) is 4.40. The topological polar surface area (TPSA) is 104 Å². The highest BCUT2D eigenvalue weighted by atomic mass is 16.5. The van der Waals surface area contributed by atoms with Crippen molar-refractivity contribution in [3.63, 3.8) is 0 Å². The lowest BCUT2D eigenvalue weighted by molar-refractivity contribution is -0.140. The van der Waals surface area contributed by atoms with Gasteiger partial charge in [0.05, 0.1) is 12.2 Å². The molecule has 1 spiro atoms. The van der Waals surface area contributed by atoms with Gasteiger partial charge in [0.1, 0.15) is 16.7 Å². The Morgan fingerprint density at radius 3 is 2.71 bits per heavy atom. The van der Waals surface area contributed by atoms with Crippen molar-refractivity contribution in [1.29, 1.82) is 0 Å². The molecule has 0 saturated heterocycles. The number of fused-ring (bicyclic) bond motifs is 4. The van der Waals surface area contributed by atoms with E-state index in [4.69, 9.17) is 15.2 Å². The Morgan fingerprint density at radius 2 is 2.03 bits per heavy atom. The van der Waals surface area contributed by atoms with Gasteiger partial charge < -0.3 is 24.7 Å². The van der Waals surface area contributed by atoms with Crippen LogP contribution in [0.4, 0.5) is 5.69 Å². The number of carbonyl (C=O) groups is 2. The molecule has 0 saturated carbocycles. The minimum absolute atomic E-state index is 0.0434. The summed E-state index contributed by atoms with van der Waals surface area (Å²) < 4.78 is 12.4. The number of benzene rings is 1. The zero-order chi connectivity index (χ0) is 22.5. The van der Waals surface area contributed by atoms with Crippen LogP contribution in [0.15, 0.2) is 59.2 Å². The normalized spacial score (nSPS) is 19.2. The summed E-state index contributed by atoms with van der Waals surface area (Å²) in [6, 6.07) is 8.65. The van der Waals surface area contributed by atoms with Gasteiger partial charge in [-0.2, -0.15) is 0 Å². The molecule has 8 nitrogen and oxygen atoms in total. The molecule has 1 aromatic heterocycles. The average Bonchev–Trinajstić information content (AvgIpc) is 2.96. The lowest BCUT2D eigenvalue weighted by Gasteiger charge is -2.35. The van der Waals surface area contributed by atoms with E-state index < -0.39 is 22.9 Å². The van der Waals surface area contributed by atoms with E-state index in [1.54, 1.807) is 57.3 Å². The second kappa shape index (κ2) is 7.16. The number of anilines is 1. The minimum atomic E-state index is -1.79. The molecule has 160 valence electrons. The van der Waals surface area contributed by atoms with Gasteiger partial charge in [-0.05, 0) is 19.9 Å². The Kier molecular flexibility index (Phi) is 4.72. The van der Waals surface area contributed by atoms with Crippen LogP contribution >= 0.6 is 0 Å². The molecule has 4 rings (SSSR count). The summed E-state index contributed by atoms with van der Waals surface area (Å²) in [6.45, 7) is 7.39. The number of nitrogens with zero attached hydrogens (tertiary/aromatic N) is 2. The van der Waals surface area contributed by atoms with E-state index in [9.17, 15) is 14.4 Å². The second-order valence-electron chi connectivity index (χ2n) is 7.42. The van der Waals surface area contributed by atoms with Gasteiger partial charge in [-0.3, -0.25) is 9.59 Å². The number of rotatable bonds is 4. The highest BCUT2D eigenvalue weighted by Crippen LogP contribution is 2.54. The number of nitrogens with two attached hydrogens (primary N) is 1. The van der Waals surface area contributed by atoms with Crippen LogP contribution in [0.2, 0.25) is 0 Å². The molecule has 1 amide bonds. The Balaban J connectivity index is 2.20. The molecule has 0 radical (unpaired) electrons. The van der Waals surface area contributed by atoms with Crippen molar-refractivity contribution in [2.24, 2.45) is 12.8 Å². The van der Waals surface area contributed by atoms with Crippen LogP contribution in [0.3, 0.4) is 0 Å². The predicted octanol–water partition coefficient (Wildman–Crippen LogP) is 1.64. The summed E-state index contributed by atoms with van der Waals surface area (Å²) >= 11 is 0. The summed E-state index contributed by atoms with van der Waals surface area (Å²) in [4.78, 5) is 42.2. The van der Waals surface area contributed by atoms with Crippen LogP contribution < -0.4 is 20.9 Å². The van der Waals surface area contributed by atoms with Gasteiger partial charge in [0, 0.05) is 36.6 Å². The monoisotopic (exact) mass is 421 g/mol. The third kappa shape index (κ3) is 2.57. The molecule has 2 aromatic rings. The number of ether oxygens (including phenoxy) is 2. The van der Waals surface area contributed by atoms with Gasteiger partial charge in [-0.1, -0.05) is 24.3 Å². The predicted molar refractivity (Wildman–Crippen MR) is 115 cm³/mol. The third-order valence-electron chi connectivity index (χ3n) is 5.81. The van der Waals surface area contributed by atoms with E-state index in [-0.39, 0.29) is 35.9 Å². The minimum Gasteiger partial charge on any atom is -0.462 e. The molecule has 1 atom stereocenters. The Labute approximate surface area is 179 Å². The molecular formula is C23H23N3O5. The van der Waals surface area contributed by atoms with E-state index in [2.05, 4.69) is 6.58 Å². The van der Waals surface area contributed by atoms with Crippen LogP contribution in [-0.4, -0.2) is 29.6 Å². The number of hydrogen-bond acceptors (Lipinski definition) is 6. The number of hydrogen-bond donors (Lipinski definition) is 1. The third-order valence-corrected chi connectivity index (χ3v) is 5.81. The lowest BCUT2D eigenvalue weighted by atomic mass is 9.68. The number of aryl methyl sites for hydroxylation is 1. The average molecular weight is 421 g/mol. The first-order valence-electron chi connectivity index (χ1n) is 9.89. The van der Waals surface area contributed by atoms with Gasteiger partial charge in [0.15, 0.2) is 0 Å². The number of para-hydroxylation sites is 1. The summed E-state index contributed by atoms with van der Waals surface area (Å²) in [5.74, 6) is -1.40. The van der Waals surface area contributed by atoms with Crippen molar-refractivity contribution in [2.75, 3.05) is 18.1 Å². The maximum absolute atomic E-state index is 14.1. The van der Waals surface area contributed by atoms with Crippen molar-refractivity contribution >= 4 is 17.6 Å². The summed E-state index contributed by atoms with van der Waals surface area (Å²) in [6.07, 6.45) is 1.58. The Hall–Kier alpha value is -3.81. The number of esters is 1. The molecule has 0 bridgehead atoms. The van der Waals surface area contributed by atoms with E-state index >= 15 is 0 Å². The first-order valence-corrected chi connectivity index (χ1v) is 9.89. The largest absolute Gasteiger partial charge is 0.462 e. The van der Waals surface area contributed by atoms with Crippen molar-refractivity contribution in [1.82, 2.24) is 4.57 Å². The van der Waals surface area contributed by atoms with Crippen LogP contribution in [0.5, 0.6) is 5.75 Å². The van der Waals surface area contributed by atoms with Gasteiger partial charge in [-0.25, -0.2) is 4.79 Å². The molecule has 0 unspecified atom stereocenters. The van der Waals surface area contributed by atoms with Crippen LogP contribution in [0.1, 0.15) is 23.7 Å². The number of carbonyl (C=O) groups excluding carboxylic acids is 2. The number of aromatic nitrogens is 1. The van der Waals surface area contributed by atoms with Gasteiger partial charge in [0.25, 0.3) is 5.56 Å². The SMILES string of the molecule is C=CCN1C(=O)[C@]2(C(C(=O)OCC)=C(N)Oc3cc(C)n(C)c(=O)c32)c2ccccc21. The standard InChI is InChI=1S/C23H23N3O5/c1-5-11-26-15-10-8-7-9-14(15)23(22(26)29)17-16(12-13(3)25(4)20(17)27)31-19(24)18(23)21(28)30-6-2/h5,7-10,12H,1,6,11,24H2,2-4H3/t23-/m1/s1. The molecule has 2 aliphatic rings. The summed E-state index contributed by atoms with van der Waals surface area (Å²) in [7, 11) is 1.60. The summed E-state index contributed by atoms with van der Waals surface area (Å²) in [5.41, 5.74) is 5.49. The van der Waals surface area contributed by atoms with Gasteiger partial charge in [0.2, 0.25) is 11.8 Å². The summed E-state index contributed by atoms with van der Waals surface area (Å²) in [5, 5.41) is 0. The first kappa shape index (κ1) is 20.5. The Bertz CT molecular complexity index is 1230. The van der Waals surface area contributed by atoms with Crippen molar-refractivity contribution < 1.29 is 19.1 Å². The van der Waals surface area contributed by atoms with E-state index in [0.717, 1.165) is 0 Å². The van der Waals surface area contributed by atoms with E-state index in [1.165, 1.54) is 9.47 Å². The van der Waals surface area contributed by atoms with Gasteiger partial charge >= 0.3 is 5.97 Å². The highest BCUT2D eigenvalue weighted by molar-refractivity contribution is 6.18. The lowest BCUT2D eigenvalue weighted by Crippen LogP contribution is -2.52. The molecule has 0 aliphatic carbocycles. The molecular weight excluding hydrogens is 398 g/mol. The quantitative estimate of drug-likeness (QED) is 0.595. The van der Waals surface area contributed by atoms with E-state index in [0.29, 0.717) is 16.9 Å². The van der Waals surface area contributed by atoms with Crippen LogP contribution in [0, 0.1) is 6.92 Å². The molecule has 31 heavy (non-hydrogen) atoms. The second-order valence-corrected chi connectivity index (χ2v) is 7.42. The smallest absolute Gasteiger partial charge is 0.341 e. The first-order chi connectivity index (χ1) is 14.8.